The van der Waals surface area contributed by atoms with Crippen molar-refractivity contribution in [1.29, 1.82) is 0 Å². The molecule has 0 aliphatic carbocycles. The van der Waals surface area contributed by atoms with E-state index in [1.54, 1.807) is 5.20 Å². The van der Waals surface area contributed by atoms with E-state index in [1.807, 2.05) is 0 Å². The molecule has 0 aromatic rings. The fraction of sp³-hybridized carbons (Fsp3) is 0.778. The van der Waals surface area contributed by atoms with Gasteiger partial charge in [-0.15, -0.1) is 0 Å². The average molecular weight is 171 g/mol. The second-order valence-corrected chi connectivity index (χ2v) is 5.33. The molecule has 0 N–H and O–H groups in total. The molecule has 0 radical (unpaired) electrons. The maximum atomic E-state index is 2.61. The van der Waals surface area contributed by atoms with Crippen LogP contribution in [0.2, 0.25) is 0 Å². The third-order valence-corrected chi connectivity index (χ3v) is 4.07. The Morgan fingerprint density at radius 2 is 2.09 bits per heavy atom. The molecule has 66 valence electrons. The van der Waals surface area contributed by atoms with Gasteiger partial charge in [0.15, 0.2) is 0 Å². The number of hydrogen-bond acceptors (Lipinski definition) is 1. The van der Waals surface area contributed by atoms with Crippen LogP contribution in [0, 0.1) is 0 Å². The third-order valence-electron chi connectivity index (χ3n) is 1.95. The molecule has 0 aromatic heterocycles. The van der Waals surface area contributed by atoms with Crippen LogP contribution < -0.4 is 0 Å². The molecule has 0 saturated heterocycles. The van der Waals surface area contributed by atoms with Crippen LogP contribution in [0.4, 0.5) is 0 Å². The van der Waals surface area contributed by atoms with Gasteiger partial charge in [0.25, 0.3) is 0 Å². The standard InChI is InChI=1S/C9H21NSi/c1-5-8-10(7-3)11-9(4)6-2/h6H,5,7-8,11H2,1-4H3. The van der Waals surface area contributed by atoms with Gasteiger partial charge in [0.2, 0.25) is 0 Å². The van der Waals surface area contributed by atoms with Crippen molar-refractivity contribution < 1.29 is 0 Å². The summed E-state index contributed by atoms with van der Waals surface area (Å²) in [7, 11) is -0.0669. The zero-order valence-corrected chi connectivity index (χ0v) is 9.77. The van der Waals surface area contributed by atoms with Crippen molar-refractivity contribution >= 4 is 9.68 Å². The molecule has 0 heterocycles. The molecule has 0 amide bonds. The Balaban J connectivity index is 3.68. The number of hydrogen-bond donors (Lipinski definition) is 0. The monoisotopic (exact) mass is 171 g/mol. The van der Waals surface area contributed by atoms with E-state index < -0.39 is 0 Å². The number of rotatable bonds is 5. The minimum Gasteiger partial charge on any atom is -0.325 e. The van der Waals surface area contributed by atoms with Crippen LogP contribution in [0.25, 0.3) is 0 Å². The van der Waals surface area contributed by atoms with Crippen molar-refractivity contribution in [2.24, 2.45) is 0 Å². The van der Waals surface area contributed by atoms with Gasteiger partial charge in [0, 0.05) is 0 Å². The molecule has 0 aliphatic rings. The first-order chi connectivity index (χ1) is 5.24. The number of nitrogens with zero attached hydrogens (tertiary/aromatic N) is 1. The number of allylic oxidation sites excluding steroid dienone is 2. The molecule has 0 bridgehead atoms. The van der Waals surface area contributed by atoms with Crippen LogP contribution in [0.5, 0.6) is 0 Å². The molecule has 1 nitrogen and oxygen atoms in total. The molecular formula is C9H21NSi. The first-order valence-electron chi connectivity index (χ1n) is 4.58. The maximum absolute atomic E-state index is 2.61. The molecule has 0 spiro atoms. The van der Waals surface area contributed by atoms with Crippen molar-refractivity contribution in [1.82, 2.24) is 4.57 Å². The maximum Gasteiger partial charge on any atom is 0.122 e. The zero-order chi connectivity index (χ0) is 8.69. The lowest BCUT2D eigenvalue weighted by molar-refractivity contribution is 0.467. The minimum absolute atomic E-state index is 0.0669. The largest absolute Gasteiger partial charge is 0.325 e. The smallest absolute Gasteiger partial charge is 0.122 e. The normalized spacial score (nSPS) is 13.7. The summed E-state index contributed by atoms with van der Waals surface area (Å²) in [6, 6.07) is 0. The van der Waals surface area contributed by atoms with Crippen molar-refractivity contribution in [2.45, 2.75) is 34.1 Å². The van der Waals surface area contributed by atoms with Gasteiger partial charge < -0.3 is 4.57 Å². The van der Waals surface area contributed by atoms with E-state index in [0.717, 1.165) is 0 Å². The Bertz CT molecular complexity index is 121. The second-order valence-electron chi connectivity index (χ2n) is 3.00. The summed E-state index contributed by atoms with van der Waals surface area (Å²) >= 11 is 0. The quantitative estimate of drug-likeness (QED) is 0.569. The van der Waals surface area contributed by atoms with E-state index in [4.69, 9.17) is 0 Å². The highest BCUT2D eigenvalue weighted by molar-refractivity contribution is 6.41. The van der Waals surface area contributed by atoms with Crippen LogP contribution >= 0.6 is 0 Å². The van der Waals surface area contributed by atoms with Gasteiger partial charge in [0.1, 0.15) is 9.68 Å². The Morgan fingerprint density at radius 1 is 1.45 bits per heavy atom. The second kappa shape index (κ2) is 6.62. The fourth-order valence-electron chi connectivity index (χ4n) is 1.11. The highest BCUT2D eigenvalue weighted by atomic mass is 28.2. The Morgan fingerprint density at radius 3 is 2.45 bits per heavy atom. The van der Waals surface area contributed by atoms with Crippen molar-refractivity contribution in [2.75, 3.05) is 13.1 Å². The molecule has 0 unspecified atom stereocenters. The van der Waals surface area contributed by atoms with Gasteiger partial charge in [-0.05, 0) is 33.4 Å². The van der Waals surface area contributed by atoms with Crippen molar-refractivity contribution in [3.63, 3.8) is 0 Å². The van der Waals surface area contributed by atoms with E-state index in [9.17, 15) is 0 Å². The molecule has 0 fully saturated rings. The molecule has 0 rings (SSSR count). The van der Waals surface area contributed by atoms with Gasteiger partial charge >= 0.3 is 0 Å². The van der Waals surface area contributed by atoms with Gasteiger partial charge in [-0.2, -0.15) is 0 Å². The molecular weight excluding hydrogens is 150 g/mol. The lowest BCUT2D eigenvalue weighted by Crippen LogP contribution is -2.29. The zero-order valence-electron chi connectivity index (χ0n) is 8.35. The lowest BCUT2D eigenvalue weighted by Gasteiger charge is -2.19. The van der Waals surface area contributed by atoms with Crippen molar-refractivity contribution in [3.8, 4) is 0 Å². The van der Waals surface area contributed by atoms with Gasteiger partial charge in [-0.1, -0.05) is 25.1 Å². The summed E-state index contributed by atoms with van der Waals surface area (Å²) in [4.78, 5) is 0. The molecule has 0 aliphatic heterocycles. The van der Waals surface area contributed by atoms with E-state index >= 15 is 0 Å². The fourth-order valence-corrected chi connectivity index (χ4v) is 2.70. The minimum atomic E-state index is -0.0669. The molecule has 0 aromatic carbocycles. The third kappa shape index (κ3) is 5.22. The summed E-state index contributed by atoms with van der Waals surface area (Å²) in [5.74, 6) is 0. The van der Waals surface area contributed by atoms with Gasteiger partial charge in [-0.3, -0.25) is 0 Å². The van der Waals surface area contributed by atoms with Crippen LogP contribution in [-0.2, 0) is 0 Å². The predicted molar refractivity (Wildman–Crippen MR) is 55.5 cm³/mol. The predicted octanol–water partition coefficient (Wildman–Crippen LogP) is 1.73. The van der Waals surface area contributed by atoms with Crippen LogP contribution in [-0.4, -0.2) is 27.3 Å². The highest BCUT2D eigenvalue weighted by Crippen LogP contribution is 1.95. The molecule has 0 atom stereocenters. The summed E-state index contributed by atoms with van der Waals surface area (Å²) in [6.07, 6.45) is 3.54. The Kier molecular flexibility index (Phi) is 6.57. The van der Waals surface area contributed by atoms with E-state index in [-0.39, 0.29) is 9.68 Å². The van der Waals surface area contributed by atoms with Crippen molar-refractivity contribution in [3.05, 3.63) is 11.3 Å². The highest BCUT2D eigenvalue weighted by Gasteiger charge is 2.00. The van der Waals surface area contributed by atoms with Crippen LogP contribution in [0.3, 0.4) is 0 Å². The van der Waals surface area contributed by atoms with E-state index in [0.29, 0.717) is 0 Å². The first kappa shape index (κ1) is 10.9. The van der Waals surface area contributed by atoms with Crippen LogP contribution in [0.1, 0.15) is 34.1 Å². The Hall–Kier alpha value is -0.0831. The molecule has 2 heteroatoms. The summed E-state index contributed by atoms with van der Waals surface area (Å²) in [6.45, 7) is 11.4. The van der Waals surface area contributed by atoms with Gasteiger partial charge in [-0.25, -0.2) is 0 Å². The topological polar surface area (TPSA) is 3.24 Å². The first-order valence-corrected chi connectivity index (χ1v) is 5.92. The Labute approximate surface area is 73.4 Å². The molecule has 11 heavy (non-hydrogen) atoms. The van der Waals surface area contributed by atoms with Crippen LogP contribution in [0.15, 0.2) is 11.3 Å². The molecule has 0 saturated carbocycles. The summed E-state index contributed by atoms with van der Waals surface area (Å²) < 4.78 is 2.61. The van der Waals surface area contributed by atoms with E-state index in [1.165, 1.54) is 19.5 Å². The SMILES string of the molecule is CC=C(C)[SiH2]N(CC)CCC. The van der Waals surface area contributed by atoms with Gasteiger partial charge in [0.05, 0.1) is 0 Å². The average Bonchev–Trinajstić information content (AvgIpc) is 2.03. The lowest BCUT2D eigenvalue weighted by atomic mass is 10.5. The van der Waals surface area contributed by atoms with E-state index in [2.05, 4.69) is 38.3 Å². The summed E-state index contributed by atoms with van der Waals surface area (Å²) in [5.41, 5.74) is 0. The summed E-state index contributed by atoms with van der Waals surface area (Å²) in [5, 5.41) is 1.61.